The maximum absolute atomic E-state index is 12.5. The minimum absolute atomic E-state index is 0.00766. The van der Waals surface area contributed by atoms with E-state index in [9.17, 15) is 14.7 Å². The first kappa shape index (κ1) is 16.4. The number of nitrogens with zero attached hydrogens (tertiary/aromatic N) is 2. The van der Waals surface area contributed by atoms with Crippen LogP contribution in [0.15, 0.2) is 16.8 Å². The number of aliphatic hydroxyl groups excluding tert-OH is 1. The van der Waals surface area contributed by atoms with Gasteiger partial charge in [-0.1, -0.05) is 0 Å². The number of thiophene rings is 1. The topological polar surface area (TPSA) is 72.9 Å². The minimum Gasteiger partial charge on any atom is -0.389 e. The molecule has 2 heterocycles. The zero-order chi connectivity index (χ0) is 16.4. The Bertz CT molecular complexity index is 563. The molecule has 1 aliphatic heterocycles. The summed E-state index contributed by atoms with van der Waals surface area (Å²) in [6.45, 7) is 1.70. The van der Waals surface area contributed by atoms with Crippen molar-refractivity contribution in [1.29, 1.82) is 0 Å². The van der Waals surface area contributed by atoms with Crippen molar-refractivity contribution in [2.24, 2.45) is 0 Å². The number of carbonyl (C=O) groups excluding carboxylic acids is 2. The van der Waals surface area contributed by atoms with E-state index >= 15 is 0 Å². The average Bonchev–Trinajstić information content (AvgIpc) is 3.08. The predicted molar refractivity (Wildman–Crippen MR) is 88.4 cm³/mol. The van der Waals surface area contributed by atoms with Crippen molar-refractivity contribution in [3.05, 3.63) is 22.4 Å². The Morgan fingerprint density at radius 2 is 2.30 bits per heavy atom. The van der Waals surface area contributed by atoms with Gasteiger partial charge in [-0.05, 0) is 30.7 Å². The first-order valence-corrected chi connectivity index (χ1v) is 9.00. The summed E-state index contributed by atoms with van der Waals surface area (Å²) in [4.78, 5) is 27.9. The normalized spacial score (nSPS) is 29.1. The lowest BCUT2D eigenvalue weighted by Crippen LogP contribution is -2.61. The molecule has 1 aromatic heterocycles. The molecule has 1 saturated heterocycles. The number of hydrogen-bond acceptors (Lipinski definition) is 5. The van der Waals surface area contributed by atoms with Crippen molar-refractivity contribution in [3.8, 4) is 0 Å². The molecule has 1 aromatic rings. The highest BCUT2D eigenvalue weighted by Crippen LogP contribution is 2.28. The summed E-state index contributed by atoms with van der Waals surface area (Å²) in [5, 5.41) is 17.3. The van der Waals surface area contributed by atoms with E-state index in [0.717, 1.165) is 25.8 Å². The maximum Gasteiger partial charge on any atom is 0.254 e. The molecule has 3 rings (SSSR count). The first-order valence-electron chi connectivity index (χ1n) is 8.06. The Balaban J connectivity index is 1.70. The molecule has 2 N–H and O–H groups in total. The van der Waals surface area contributed by atoms with Crippen LogP contribution in [-0.4, -0.2) is 71.6 Å². The van der Waals surface area contributed by atoms with Crippen molar-refractivity contribution < 1.29 is 14.7 Å². The van der Waals surface area contributed by atoms with E-state index in [1.165, 1.54) is 11.3 Å². The molecule has 126 valence electrons. The molecule has 0 radical (unpaired) electrons. The molecular weight excluding hydrogens is 314 g/mol. The first-order chi connectivity index (χ1) is 11.1. The van der Waals surface area contributed by atoms with E-state index in [1.54, 1.807) is 11.9 Å². The van der Waals surface area contributed by atoms with Gasteiger partial charge in [-0.25, -0.2) is 0 Å². The average molecular weight is 337 g/mol. The third-order valence-corrected chi connectivity index (χ3v) is 5.59. The van der Waals surface area contributed by atoms with Gasteiger partial charge in [0.1, 0.15) is 0 Å². The SMILES string of the molecule is CN(C(=O)c1ccsc1)[C@@H]1CCC[C@@H](N2CCNC(=O)C2)[C@@H]1O. The second-order valence-corrected chi connectivity index (χ2v) is 7.08. The van der Waals surface area contributed by atoms with Crippen molar-refractivity contribution in [2.75, 3.05) is 26.7 Å². The van der Waals surface area contributed by atoms with E-state index in [0.29, 0.717) is 18.7 Å². The van der Waals surface area contributed by atoms with Gasteiger partial charge in [-0.3, -0.25) is 14.5 Å². The van der Waals surface area contributed by atoms with Gasteiger partial charge >= 0.3 is 0 Å². The molecule has 7 heteroatoms. The second kappa shape index (κ2) is 6.98. The standard InChI is InChI=1S/C16H23N3O3S/c1-18(16(22)11-5-8-23-10-11)12-3-2-4-13(15(12)21)19-7-6-17-14(20)9-19/h5,8,10,12-13,15,21H,2-4,6-7,9H2,1H3,(H,17,20)/t12-,13-,15-/m1/s1. The molecule has 6 nitrogen and oxygen atoms in total. The lowest BCUT2D eigenvalue weighted by Gasteiger charge is -2.45. The Morgan fingerprint density at radius 1 is 1.48 bits per heavy atom. The molecule has 0 unspecified atom stereocenters. The summed E-state index contributed by atoms with van der Waals surface area (Å²) >= 11 is 1.49. The predicted octanol–water partition coefficient (Wildman–Crippen LogP) is 0.534. The van der Waals surface area contributed by atoms with Gasteiger partial charge in [0.15, 0.2) is 0 Å². The Kier molecular flexibility index (Phi) is 4.99. The molecule has 0 bridgehead atoms. The highest BCUT2D eigenvalue weighted by molar-refractivity contribution is 7.08. The van der Waals surface area contributed by atoms with E-state index in [-0.39, 0.29) is 23.9 Å². The molecule has 3 atom stereocenters. The highest BCUT2D eigenvalue weighted by Gasteiger charge is 2.39. The molecule has 1 aliphatic carbocycles. The summed E-state index contributed by atoms with van der Waals surface area (Å²) in [7, 11) is 1.76. The maximum atomic E-state index is 12.5. The molecule has 2 amide bonds. The number of carbonyl (C=O) groups is 2. The van der Waals surface area contributed by atoms with Crippen LogP contribution in [0.1, 0.15) is 29.6 Å². The number of hydrogen-bond donors (Lipinski definition) is 2. The number of nitrogens with one attached hydrogen (secondary N) is 1. The Hall–Kier alpha value is -1.44. The number of aliphatic hydroxyl groups is 1. The van der Waals surface area contributed by atoms with Gasteiger partial charge in [0.2, 0.25) is 5.91 Å². The third kappa shape index (κ3) is 3.41. The molecule has 2 fully saturated rings. The van der Waals surface area contributed by atoms with Crippen LogP contribution in [-0.2, 0) is 4.79 Å². The van der Waals surface area contributed by atoms with Crippen molar-refractivity contribution in [3.63, 3.8) is 0 Å². The third-order valence-electron chi connectivity index (χ3n) is 4.91. The quantitative estimate of drug-likeness (QED) is 0.844. The van der Waals surface area contributed by atoms with Crippen LogP contribution in [0.5, 0.6) is 0 Å². The second-order valence-electron chi connectivity index (χ2n) is 6.30. The summed E-state index contributed by atoms with van der Waals surface area (Å²) in [5.41, 5.74) is 0.671. The fraction of sp³-hybridized carbons (Fsp3) is 0.625. The van der Waals surface area contributed by atoms with Crippen LogP contribution in [0.2, 0.25) is 0 Å². The van der Waals surface area contributed by atoms with Gasteiger partial charge in [-0.15, -0.1) is 0 Å². The molecule has 0 aromatic carbocycles. The van der Waals surface area contributed by atoms with Gasteiger partial charge in [-0.2, -0.15) is 11.3 Å². The van der Waals surface area contributed by atoms with Crippen LogP contribution in [0.3, 0.4) is 0 Å². The van der Waals surface area contributed by atoms with E-state index < -0.39 is 6.10 Å². The number of rotatable bonds is 3. The molecule has 1 saturated carbocycles. The molecule has 23 heavy (non-hydrogen) atoms. The number of piperazine rings is 1. The lowest BCUT2D eigenvalue weighted by atomic mass is 9.85. The van der Waals surface area contributed by atoms with E-state index in [1.807, 2.05) is 16.8 Å². The Morgan fingerprint density at radius 3 is 3.00 bits per heavy atom. The fourth-order valence-electron chi connectivity index (χ4n) is 3.64. The smallest absolute Gasteiger partial charge is 0.254 e. The summed E-state index contributed by atoms with van der Waals surface area (Å²) in [6.07, 6.45) is 1.99. The highest BCUT2D eigenvalue weighted by atomic mass is 32.1. The van der Waals surface area contributed by atoms with Crippen molar-refractivity contribution in [1.82, 2.24) is 15.1 Å². The lowest BCUT2D eigenvalue weighted by molar-refractivity contribution is -0.127. The molecule has 2 aliphatic rings. The monoisotopic (exact) mass is 337 g/mol. The van der Waals surface area contributed by atoms with Crippen LogP contribution >= 0.6 is 11.3 Å². The van der Waals surface area contributed by atoms with Crippen molar-refractivity contribution >= 4 is 23.2 Å². The van der Waals surface area contributed by atoms with Gasteiger partial charge in [0.05, 0.1) is 24.3 Å². The van der Waals surface area contributed by atoms with Crippen LogP contribution in [0, 0.1) is 0 Å². The number of likely N-dealkylation sites (N-methyl/N-ethyl adjacent to an activating group) is 1. The zero-order valence-electron chi connectivity index (χ0n) is 13.3. The summed E-state index contributed by atoms with van der Waals surface area (Å²) < 4.78 is 0. The van der Waals surface area contributed by atoms with Crippen LogP contribution < -0.4 is 5.32 Å². The minimum atomic E-state index is -0.623. The molecular formula is C16H23N3O3S. The largest absolute Gasteiger partial charge is 0.389 e. The summed E-state index contributed by atoms with van der Waals surface area (Å²) in [6, 6.07) is 1.55. The van der Waals surface area contributed by atoms with E-state index in [4.69, 9.17) is 0 Å². The summed E-state index contributed by atoms with van der Waals surface area (Å²) in [5.74, 6) is -0.0411. The number of amides is 2. The van der Waals surface area contributed by atoms with Gasteiger partial charge in [0, 0.05) is 31.6 Å². The zero-order valence-corrected chi connectivity index (χ0v) is 14.1. The van der Waals surface area contributed by atoms with Crippen molar-refractivity contribution in [2.45, 2.75) is 37.5 Å². The van der Waals surface area contributed by atoms with Gasteiger partial charge < -0.3 is 15.3 Å². The molecule has 0 spiro atoms. The Labute approximate surface area is 140 Å². The fourth-order valence-corrected chi connectivity index (χ4v) is 4.27. The van der Waals surface area contributed by atoms with Crippen LogP contribution in [0.4, 0.5) is 0 Å². The van der Waals surface area contributed by atoms with E-state index in [2.05, 4.69) is 10.2 Å². The van der Waals surface area contributed by atoms with Gasteiger partial charge in [0.25, 0.3) is 5.91 Å². The van der Waals surface area contributed by atoms with Crippen LogP contribution in [0.25, 0.3) is 0 Å².